The number of piperidine rings is 1. The average Bonchev–Trinajstić information content (AvgIpc) is 2.94. The van der Waals surface area contributed by atoms with E-state index in [2.05, 4.69) is 9.88 Å². The number of aromatic nitrogens is 1. The molecule has 1 aliphatic heterocycles. The fraction of sp³-hybridized carbons (Fsp3) is 0.462. The molecular formula is C13H16N4O2S. The third kappa shape index (κ3) is 2.12. The molecule has 1 unspecified atom stereocenters. The van der Waals surface area contributed by atoms with Crippen molar-refractivity contribution in [2.75, 3.05) is 18.0 Å². The molecule has 1 fully saturated rings. The van der Waals surface area contributed by atoms with Crippen LogP contribution in [-0.2, 0) is 0 Å². The summed E-state index contributed by atoms with van der Waals surface area (Å²) in [7, 11) is 0. The molecule has 0 spiro atoms. The Morgan fingerprint density at radius 1 is 1.50 bits per heavy atom. The number of rotatable bonds is 3. The lowest BCUT2D eigenvalue weighted by Crippen LogP contribution is -2.44. The summed E-state index contributed by atoms with van der Waals surface area (Å²) in [5, 5.41) is 11.5. The number of fused-ring (bicyclic) bond motifs is 1. The molecule has 20 heavy (non-hydrogen) atoms. The molecule has 2 aromatic rings. The van der Waals surface area contributed by atoms with Crippen molar-refractivity contribution < 1.29 is 4.92 Å². The van der Waals surface area contributed by atoms with Crippen LogP contribution in [0.2, 0.25) is 0 Å². The van der Waals surface area contributed by atoms with Gasteiger partial charge in [0.15, 0.2) is 5.52 Å². The van der Waals surface area contributed by atoms with Crippen LogP contribution in [0.5, 0.6) is 0 Å². The summed E-state index contributed by atoms with van der Waals surface area (Å²) >= 11 is 1.42. The van der Waals surface area contributed by atoms with Crippen molar-refractivity contribution >= 4 is 32.9 Å². The Hall–Kier alpha value is -1.73. The first-order chi connectivity index (χ1) is 9.72. The van der Waals surface area contributed by atoms with Crippen LogP contribution in [0.15, 0.2) is 17.6 Å². The van der Waals surface area contributed by atoms with E-state index in [1.165, 1.54) is 11.3 Å². The zero-order valence-corrected chi connectivity index (χ0v) is 11.8. The van der Waals surface area contributed by atoms with E-state index in [0.717, 1.165) is 30.5 Å². The number of hydrogen-bond acceptors (Lipinski definition) is 6. The molecule has 3 rings (SSSR count). The van der Waals surface area contributed by atoms with Gasteiger partial charge in [0.1, 0.15) is 5.69 Å². The number of nitro benzene ring substituents is 1. The van der Waals surface area contributed by atoms with Crippen LogP contribution in [-0.4, -0.2) is 29.0 Å². The number of anilines is 1. The molecular weight excluding hydrogens is 276 g/mol. The van der Waals surface area contributed by atoms with Crippen LogP contribution in [0.4, 0.5) is 11.4 Å². The number of thiazole rings is 1. The minimum absolute atomic E-state index is 0.115. The van der Waals surface area contributed by atoms with Gasteiger partial charge in [0, 0.05) is 19.1 Å². The van der Waals surface area contributed by atoms with Gasteiger partial charge in [-0.15, -0.1) is 11.3 Å². The van der Waals surface area contributed by atoms with Gasteiger partial charge in [0.05, 0.1) is 15.1 Å². The Labute approximate surface area is 120 Å². The van der Waals surface area contributed by atoms with Crippen LogP contribution in [0.3, 0.4) is 0 Å². The van der Waals surface area contributed by atoms with Gasteiger partial charge in [0.25, 0.3) is 0 Å². The molecule has 1 atom stereocenters. The standard InChI is InChI=1S/C13H16N4O2S/c14-7-9-3-1-2-6-16(9)10-4-5-11-12(15-8-20-11)13(10)17(18)19/h4-5,8-9H,1-3,6-7,14H2. The summed E-state index contributed by atoms with van der Waals surface area (Å²) in [6.07, 6.45) is 3.16. The van der Waals surface area contributed by atoms with Crippen LogP contribution in [0, 0.1) is 10.1 Å². The van der Waals surface area contributed by atoms with E-state index >= 15 is 0 Å². The van der Waals surface area contributed by atoms with E-state index in [-0.39, 0.29) is 16.7 Å². The van der Waals surface area contributed by atoms with Gasteiger partial charge in [0.2, 0.25) is 0 Å². The van der Waals surface area contributed by atoms with Crippen molar-refractivity contribution in [3.63, 3.8) is 0 Å². The van der Waals surface area contributed by atoms with Crippen LogP contribution >= 0.6 is 11.3 Å². The average molecular weight is 292 g/mol. The Morgan fingerprint density at radius 2 is 2.35 bits per heavy atom. The van der Waals surface area contributed by atoms with Crippen molar-refractivity contribution in [1.82, 2.24) is 4.98 Å². The molecule has 0 saturated carbocycles. The lowest BCUT2D eigenvalue weighted by Gasteiger charge is -2.36. The maximum Gasteiger partial charge on any atom is 0.319 e. The summed E-state index contributed by atoms with van der Waals surface area (Å²) in [5.74, 6) is 0. The van der Waals surface area contributed by atoms with Crippen molar-refractivity contribution in [2.24, 2.45) is 5.73 Å². The molecule has 2 heterocycles. The molecule has 1 aliphatic rings. The topological polar surface area (TPSA) is 85.3 Å². The highest BCUT2D eigenvalue weighted by Gasteiger charge is 2.29. The number of nitrogens with two attached hydrogens (primary N) is 1. The second kappa shape index (κ2) is 5.34. The molecule has 106 valence electrons. The van der Waals surface area contributed by atoms with Gasteiger partial charge in [-0.1, -0.05) is 0 Å². The van der Waals surface area contributed by atoms with Crippen molar-refractivity contribution in [1.29, 1.82) is 0 Å². The normalized spacial score (nSPS) is 19.4. The van der Waals surface area contributed by atoms with Gasteiger partial charge in [-0.3, -0.25) is 10.1 Å². The molecule has 1 aromatic carbocycles. The Kier molecular flexibility index (Phi) is 3.54. The number of benzene rings is 1. The fourth-order valence-electron chi connectivity index (χ4n) is 2.88. The largest absolute Gasteiger partial charge is 0.362 e. The number of nitro groups is 1. The summed E-state index contributed by atoms with van der Waals surface area (Å²) < 4.78 is 0.849. The summed E-state index contributed by atoms with van der Waals surface area (Å²) in [5.41, 5.74) is 8.73. The lowest BCUT2D eigenvalue weighted by molar-refractivity contribution is -0.382. The van der Waals surface area contributed by atoms with Crippen molar-refractivity contribution in [2.45, 2.75) is 25.3 Å². The third-order valence-corrected chi connectivity index (χ3v) is 4.64. The Balaban J connectivity index is 2.14. The second-order valence-corrected chi connectivity index (χ2v) is 5.85. The highest BCUT2D eigenvalue weighted by molar-refractivity contribution is 7.16. The van der Waals surface area contributed by atoms with Gasteiger partial charge in [-0.2, -0.15) is 0 Å². The zero-order valence-electron chi connectivity index (χ0n) is 11.0. The van der Waals surface area contributed by atoms with E-state index in [4.69, 9.17) is 5.73 Å². The van der Waals surface area contributed by atoms with Crippen molar-refractivity contribution in [3.05, 3.63) is 27.8 Å². The summed E-state index contributed by atoms with van der Waals surface area (Å²) in [6.45, 7) is 1.34. The monoisotopic (exact) mass is 292 g/mol. The van der Waals surface area contributed by atoms with E-state index in [1.54, 1.807) is 5.51 Å². The molecule has 7 heteroatoms. The molecule has 1 saturated heterocycles. The first-order valence-electron chi connectivity index (χ1n) is 6.69. The summed E-state index contributed by atoms with van der Waals surface area (Å²) in [4.78, 5) is 17.4. The Morgan fingerprint density at radius 3 is 3.10 bits per heavy atom. The zero-order chi connectivity index (χ0) is 14.1. The predicted octanol–water partition coefficient (Wildman–Crippen LogP) is 2.52. The molecule has 0 radical (unpaired) electrons. The molecule has 0 bridgehead atoms. The highest BCUT2D eigenvalue weighted by Crippen LogP contribution is 2.38. The first kappa shape index (κ1) is 13.3. The fourth-order valence-corrected chi connectivity index (χ4v) is 3.56. The van der Waals surface area contributed by atoms with E-state index in [1.807, 2.05) is 12.1 Å². The van der Waals surface area contributed by atoms with Crippen molar-refractivity contribution in [3.8, 4) is 0 Å². The minimum Gasteiger partial charge on any atom is -0.362 e. The van der Waals surface area contributed by atoms with E-state index in [9.17, 15) is 10.1 Å². The number of nitrogens with zero attached hydrogens (tertiary/aromatic N) is 3. The van der Waals surface area contributed by atoms with E-state index < -0.39 is 0 Å². The minimum atomic E-state index is -0.320. The van der Waals surface area contributed by atoms with Gasteiger partial charge in [-0.05, 0) is 31.4 Å². The van der Waals surface area contributed by atoms with Crippen LogP contribution < -0.4 is 10.6 Å². The summed E-state index contributed by atoms with van der Waals surface area (Å²) in [6, 6.07) is 3.93. The van der Waals surface area contributed by atoms with Gasteiger partial charge < -0.3 is 10.6 Å². The van der Waals surface area contributed by atoms with Crippen LogP contribution in [0.1, 0.15) is 19.3 Å². The van der Waals surface area contributed by atoms with Crippen LogP contribution in [0.25, 0.3) is 10.2 Å². The number of hydrogen-bond donors (Lipinski definition) is 1. The maximum atomic E-state index is 11.5. The van der Waals surface area contributed by atoms with Gasteiger partial charge >= 0.3 is 5.69 Å². The van der Waals surface area contributed by atoms with E-state index in [0.29, 0.717) is 17.7 Å². The maximum absolute atomic E-state index is 11.5. The molecule has 1 aromatic heterocycles. The Bertz CT molecular complexity index is 642. The smallest absolute Gasteiger partial charge is 0.319 e. The molecule has 6 nitrogen and oxygen atoms in total. The third-order valence-electron chi connectivity index (χ3n) is 3.85. The second-order valence-electron chi connectivity index (χ2n) is 4.97. The molecule has 0 amide bonds. The lowest BCUT2D eigenvalue weighted by atomic mass is 10.0. The SMILES string of the molecule is NCC1CCCCN1c1ccc2scnc2c1[N+](=O)[O-]. The highest BCUT2D eigenvalue weighted by atomic mass is 32.1. The van der Waals surface area contributed by atoms with Gasteiger partial charge in [-0.25, -0.2) is 4.98 Å². The quantitative estimate of drug-likeness (QED) is 0.694. The molecule has 0 aliphatic carbocycles. The molecule has 2 N–H and O–H groups in total. The first-order valence-corrected chi connectivity index (χ1v) is 7.57. The predicted molar refractivity (Wildman–Crippen MR) is 80.3 cm³/mol.